The summed E-state index contributed by atoms with van der Waals surface area (Å²) in [7, 11) is 1.51. The molecule has 2 heterocycles. The van der Waals surface area contributed by atoms with Crippen molar-refractivity contribution in [3.63, 3.8) is 0 Å². The van der Waals surface area contributed by atoms with E-state index in [4.69, 9.17) is 4.74 Å². The lowest BCUT2D eigenvalue weighted by atomic mass is 10.0. The SMILES string of the molecule is COc1nc(-c2ccc(N[S+](C)[O-])cc2)cc(-c2cccs2)c1C#N. The van der Waals surface area contributed by atoms with Gasteiger partial charge in [-0.3, -0.25) is 0 Å². The highest BCUT2D eigenvalue weighted by atomic mass is 32.2. The van der Waals surface area contributed by atoms with Crippen molar-refractivity contribution in [2.75, 3.05) is 18.1 Å². The lowest BCUT2D eigenvalue weighted by Crippen LogP contribution is -2.09. The van der Waals surface area contributed by atoms with Crippen molar-refractivity contribution >= 4 is 28.4 Å². The molecule has 1 aromatic carbocycles. The van der Waals surface area contributed by atoms with Crippen molar-refractivity contribution in [3.05, 3.63) is 53.4 Å². The molecule has 0 radical (unpaired) electrons. The summed E-state index contributed by atoms with van der Waals surface area (Å²) in [4.78, 5) is 5.46. The van der Waals surface area contributed by atoms with Gasteiger partial charge in [0.2, 0.25) is 5.88 Å². The summed E-state index contributed by atoms with van der Waals surface area (Å²) in [5.41, 5.74) is 3.59. The number of nitriles is 1. The molecule has 0 aliphatic carbocycles. The molecule has 7 heteroatoms. The van der Waals surface area contributed by atoms with E-state index in [9.17, 15) is 9.81 Å². The van der Waals surface area contributed by atoms with Crippen LogP contribution in [0.2, 0.25) is 0 Å². The van der Waals surface area contributed by atoms with Gasteiger partial charge in [0.1, 0.15) is 17.9 Å². The molecule has 0 spiro atoms. The first-order valence-corrected chi connectivity index (χ1v) is 9.79. The largest absolute Gasteiger partial charge is 0.593 e. The Balaban J connectivity index is 2.08. The van der Waals surface area contributed by atoms with Gasteiger partial charge in [0.25, 0.3) is 0 Å². The minimum atomic E-state index is -1.12. The molecule has 0 amide bonds. The van der Waals surface area contributed by atoms with Crippen LogP contribution in [-0.2, 0) is 11.4 Å². The van der Waals surface area contributed by atoms with E-state index in [1.54, 1.807) is 17.6 Å². The number of pyridine rings is 1. The second-order valence-electron chi connectivity index (χ2n) is 5.16. The molecule has 0 aliphatic heterocycles. The van der Waals surface area contributed by atoms with Crippen molar-refractivity contribution in [2.45, 2.75) is 0 Å². The normalized spacial score (nSPS) is 11.6. The van der Waals surface area contributed by atoms with E-state index in [2.05, 4.69) is 15.8 Å². The maximum absolute atomic E-state index is 11.2. The Morgan fingerprint density at radius 1 is 1.28 bits per heavy atom. The number of hydrogen-bond acceptors (Lipinski definition) is 6. The number of benzene rings is 1. The van der Waals surface area contributed by atoms with E-state index < -0.39 is 11.4 Å². The fraction of sp³-hybridized carbons (Fsp3) is 0.111. The number of hydrogen-bond donors (Lipinski definition) is 1. The second-order valence-corrected chi connectivity index (χ2v) is 7.22. The number of anilines is 1. The van der Waals surface area contributed by atoms with Crippen molar-refractivity contribution < 1.29 is 9.29 Å². The molecule has 0 saturated carbocycles. The van der Waals surface area contributed by atoms with Crippen LogP contribution in [0, 0.1) is 11.3 Å². The number of nitrogens with zero attached hydrogens (tertiary/aromatic N) is 2. The third-order valence-electron chi connectivity index (χ3n) is 3.52. The van der Waals surface area contributed by atoms with Gasteiger partial charge in [0.15, 0.2) is 0 Å². The summed E-state index contributed by atoms with van der Waals surface area (Å²) in [5.74, 6) is 0.306. The predicted molar refractivity (Wildman–Crippen MR) is 102 cm³/mol. The second kappa shape index (κ2) is 7.57. The molecule has 0 aliphatic rings. The molecule has 25 heavy (non-hydrogen) atoms. The molecular weight excluding hydrogens is 354 g/mol. The van der Waals surface area contributed by atoms with Crippen LogP contribution in [0.5, 0.6) is 5.88 Å². The Labute approximate surface area is 153 Å². The van der Waals surface area contributed by atoms with Crippen molar-refractivity contribution in [1.82, 2.24) is 4.98 Å². The van der Waals surface area contributed by atoms with Crippen LogP contribution in [0.25, 0.3) is 21.7 Å². The first-order chi connectivity index (χ1) is 12.1. The number of nitrogens with one attached hydrogen (secondary N) is 1. The van der Waals surface area contributed by atoms with Crippen LogP contribution in [-0.4, -0.2) is 22.9 Å². The maximum Gasteiger partial charge on any atom is 0.232 e. The Hall–Kier alpha value is -2.53. The Morgan fingerprint density at radius 2 is 2.04 bits per heavy atom. The van der Waals surface area contributed by atoms with Gasteiger partial charge >= 0.3 is 0 Å². The summed E-state index contributed by atoms with van der Waals surface area (Å²) < 4.78 is 19.4. The molecular formula is C18H15N3O2S2. The highest BCUT2D eigenvalue weighted by molar-refractivity contribution is 7.92. The van der Waals surface area contributed by atoms with E-state index in [0.29, 0.717) is 17.1 Å². The third kappa shape index (κ3) is 3.77. The Morgan fingerprint density at radius 3 is 2.60 bits per heavy atom. The standard InChI is InChI=1S/C18H15N3O2S2/c1-23-18-15(11-19)14(17-4-3-9-24-17)10-16(20-18)12-5-7-13(8-6-12)21-25(2)22/h3-10,21H,1-2H3. The fourth-order valence-electron chi connectivity index (χ4n) is 2.43. The topological polar surface area (TPSA) is 81.0 Å². The lowest BCUT2D eigenvalue weighted by Gasteiger charge is -2.11. The van der Waals surface area contributed by atoms with Crippen molar-refractivity contribution in [3.8, 4) is 33.6 Å². The number of aromatic nitrogens is 1. The molecule has 2 aromatic heterocycles. The monoisotopic (exact) mass is 369 g/mol. The molecule has 0 saturated heterocycles. The summed E-state index contributed by atoms with van der Waals surface area (Å²) in [6, 6.07) is 15.5. The minimum Gasteiger partial charge on any atom is -0.593 e. The fourth-order valence-corrected chi connectivity index (χ4v) is 3.64. The van der Waals surface area contributed by atoms with E-state index in [1.807, 2.05) is 47.8 Å². The lowest BCUT2D eigenvalue weighted by molar-refractivity contribution is 0.397. The molecule has 3 rings (SSSR count). The molecule has 1 unspecified atom stereocenters. The maximum atomic E-state index is 11.2. The van der Waals surface area contributed by atoms with Crippen LogP contribution in [0.3, 0.4) is 0 Å². The minimum absolute atomic E-state index is 0.306. The van der Waals surface area contributed by atoms with Crippen LogP contribution in [0.4, 0.5) is 5.69 Å². The molecule has 5 nitrogen and oxygen atoms in total. The summed E-state index contributed by atoms with van der Waals surface area (Å²) >= 11 is 0.438. The average molecular weight is 369 g/mol. The van der Waals surface area contributed by atoms with Gasteiger partial charge in [0.05, 0.1) is 29.9 Å². The first kappa shape index (κ1) is 17.3. The van der Waals surface area contributed by atoms with Gasteiger partial charge in [-0.25, -0.2) is 9.71 Å². The number of methoxy groups -OCH3 is 1. The molecule has 3 aromatic rings. The van der Waals surface area contributed by atoms with E-state index in [0.717, 1.165) is 21.7 Å². The average Bonchev–Trinajstić information content (AvgIpc) is 3.15. The number of ether oxygens (including phenoxy) is 1. The van der Waals surface area contributed by atoms with Gasteiger partial charge in [-0.2, -0.15) is 5.26 Å². The van der Waals surface area contributed by atoms with Gasteiger partial charge in [-0.15, -0.1) is 11.3 Å². The van der Waals surface area contributed by atoms with Crippen LogP contribution >= 0.6 is 11.3 Å². The quantitative estimate of drug-likeness (QED) is 0.686. The highest BCUT2D eigenvalue weighted by Gasteiger charge is 2.16. The van der Waals surface area contributed by atoms with Crippen LogP contribution < -0.4 is 9.46 Å². The predicted octanol–water partition coefficient (Wildman–Crippen LogP) is 4.06. The smallest absolute Gasteiger partial charge is 0.232 e. The third-order valence-corrected chi connectivity index (χ3v) is 4.95. The zero-order valence-corrected chi connectivity index (χ0v) is 15.3. The molecule has 0 fully saturated rings. The van der Waals surface area contributed by atoms with Crippen molar-refractivity contribution in [2.24, 2.45) is 0 Å². The zero-order chi connectivity index (χ0) is 17.8. The number of rotatable bonds is 5. The van der Waals surface area contributed by atoms with Gasteiger partial charge in [-0.05, 0) is 29.6 Å². The Kier molecular flexibility index (Phi) is 5.24. The van der Waals surface area contributed by atoms with E-state index in [-0.39, 0.29) is 0 Å². The molecule has 126 valence electrons. The summed E-state index contributed by atoms with van der Waals surface area (Å²) in [6.07, 6.45) is 1.58. The van der Waals surface area contributed by atoms with Crippen LogP contribution in [0.1, 0.15) is 5.56 Å². The van der Waals surface area contributed by atoms with Crippen LogP contribution in [0.15, 0.2) is 47.8 Å². The van der Waals surface area contributed by atoms with Gasteiger partial charge < -0.3 is 9.29 Å². The molecule has 1 atom stereocenters. The molecule has 1 N–H and O–H groups in total. The van der Waals surface area contributed by atoms with Gasteiger partial charge in [-0.1, -0.05) is 18.2 Å². The zero-order valence-electron chi connectivity index (χ0n) is 13.6. The van der Waals surface area contributed by atoms with E-state index >= 15 is 0 Å². The Bertz CT molecular complexity index is 901. The summed E-state index contributed by atoms with van der Waals surface area (Å²) in [6.45, 7) is 0. The summed E-state index contributed by atoms with van der Waals surface area (Å²) in [5, 5.41) is 11.5. The van der Waals surface area contributed by atoms with E-state index in [1.165, 1.54) is 7.11 Å². The van der Waals surface area contributed by atoms with Gasteiger partial charge in [0, 0.05) is 16.0 Å². The first-order valence-electron chi connectivity index (χ1n) is 7.36. The number of thiophene rings is 1. The molecule has 0 bridgehead atoms. The highest BCUT2D eigenvalue weighted by Crippen LogP contribution is 2.35. The van der Waals surface area contributed by atoms with Crippen molar-refractivity contribution in [1.29, 1.82) is 5.26 Å².